The van der Waals surface area contributed by atoms with Crippen LogP contribution >= 0.6 is 0 Å². The summed E-state index contributed by atoms with van der Waals surface area (Å²) in [5.41, 5.74) is 7.06. The van der Waals surface area contributed by atoms with Gasteiger partial charge in [0.2, 0.25) is 5.91 Å². The summed E-state index contributed by atoms with van der Waals surface area (Å²) < 4.78 is 5.10. The second-order valence-corrected chi connectivity index (χ2v) is 5.46. The third-order valence-electron chi connectivity index (χ3n) is 3.98. The fraction of sp³-hybridized carbons (Fsp3) is 0.533. The van der Waals surface area contributed by atoms with Gasteiger partial charge < -0.3 is 20.7 Å². The van der Waals surface area contributed by atoms with E-state index in [4.69, 9.17) is 10.5 Å². The topological polar surface area (TPSA) is 70.8 Å². The van der Waals surface area contributed by atoms with E-state index in [-0.39, 0.29) is 11.9 Å². The number of methoxy groups -OCH3 is 1. The second-order valence-electron chi connectivity index (χ2n) is 5.46. The molecule has 1 fully saturated rings. The van der Waals surface area contributed by atoms with E-state index in [2.05, 4.69) is 22.2 Å². The summed E-state index contributed by atoms with van der Waals surface area (Å²) in [4.78, 5) is 16.8. The first-order valence-corrected chi connectivity index (χ1v) is 7.18. The van der Waals surface area contributed by atoms with E-state index >= 15 is 0 Å². The summed E-state index contributed by atoms with van der Waals surface area (Å²) in [6, 6.07) is 5.09. The zero-order chi connectivity index (χ0) is 15.4. The molecule has 2 rings (SSSR count). The highest BCUT2D eigenvalue weighted by molar-refractivity contribution is 5.97. The Morgan fingerprint density at radius 1 is 1.33 bits per heavy atom. The molecule has 3 N–H and O–H groups in total. The molecule has 0 aliphatic carbocycles. The minimum Gasteiger partial charge on any atom is -0.497 e. The van der Waals surface area contributed by atoms with Crippen molar-refractivity contribution < 1.29 is 9.53 Å². The highest BCUT2D eigenvalue weighted by atomic mass is 16.5. The Morgan fingerprint density at radius 2 is 2.00 bits per heavy atom. The molecule has 0 aromatic heterocycles. The Bertz CT molecular complexity index is 498. The second kappa shape index (κ2) is 6.78. The first-order chi connectivity index (χ1) is 10.0. The zero-order valence-electron chi connectivity index (χ0n) is 12.9. The third-order valence-corrected chi connectivity index (χ3v) is 3.98. The maximum absolute atomic E-state index is 12.3. The van der Waals surface area contributed by atoms with E-state index in [1.54, 1.807) is 25.3 Å². The van der Waals surface area contributed by atoms with Gasteiger partial charge in [0.25, 0.3) is 0 Å². The van der Waals surface area contributed by atoms with Crippen LogP contribution in [0.1, 0.15) is 6.92 Å². The molecule has 0 radical (unpaired) electrons. The molecule has 1 amide bonds. The number of likely N-dealkylation sites (N-methyl/N-ethyl adjacent to an activating group) is 1. The summed E-state index contributed by atoms with van der Waals surface area (Å²) in [6.45, 7) is 5.72. The molecule has 1 unspecified atom stereocenters. The number of benzene rings is 1. The molecule has 1 aliphatic heterocycles. The normalized spacial score (nSPS) is 18.2. The van der Waals surface area contributed by atoms with Crippen molar-refractivity contribution >= 4 is 17.3 Å². The third kappa shape index (κ3) is 3.86. The van der Waals surface area contributed by atoms with Gasteiger partial charge in [-0.3, -0.25) is 9.69 Å². The molecule has 0 spiro atoms. The number of nitrogen functional groups attached to an aromatic ring is 1. The molecule has 0 saturated carbocycles. The highest BCUT2D eigenvalue weighted by Crippen LogP contribution is 2.24. The van der Waals surface area contributed by atoms with Gasteiger partial charge in [0.05, 0.1) is 24.5 Å². The van der Waals surface area contributed by atoms with Crippen molar-refractivity contribution in [3.63, 3.8) is 0 Å². The fourth-order valence-corrected chi connectivity index (χ4v) is 2.39. The number of carbonyl (C=O) groups excluding carboxylic acids is 1. The van der Waals surface area contributed by atoms with Crippen molar-refractivity contribution in [2.75, 3.05) is 51.4 Å². The van der Waals surface area contributed by atoms with Crippen molar-refractivity contribution in [2.45, 2.75) is 13.0 Å². The van der Waals surface area contributed by atoms with E-state index < -0.39 is 0 Å². The van der Waals surface area contributed by atoms with Gasteiger partial charge in [-0.1, -0.05) is 0 Å². The predicted molar refractivity (Wildman–Crippen MR) is 84.6 cm³/mol. The molecule has 21 heavy (non-hydrogen) atoms. The van der Waals surface area contributed by atoms with Gasteiger partial charge in [0.15, 0.2) is 0 Å². The van der Waals surface area contributed by atoms with Crippen LogP contribution in [0.25, 0.3) is 0 Å². The maximum Gasteiger partial charge on any atom is 0.241 e. The number of piperazine rings is 1. The van der Waals surface area contributed by atoms with Crippen molar-refractivity contribution in [1.29, 1.82) is 0 Å². The molecule has 1 atom stereocenters. The lowest BCUT2D eigenvalue weighted by molar-refractivity contribution is -0.121. The number of rotatable bonds is 4. The number of nitrogens with one attached hydrogen (secondary N) is 1. The first kappa shape index (κ1) is 15.6. The number of nitrogens with two attached hydrogens (primary N) is 1. The number of carbonyl (C=O) groups is 1. The average Bonchev–Trinajstić information content (AvgIpc) is 2.49. The molecule has 0 bridgehead atoms. The SMILES string of the molecule is COc1ccc(NC(=O)C(C)N2CCN(C)CC2)c(N)c1. The number of hydrogen-bond donors (Lipinski definition) is 2. The molecule has 1 aliphatic rings. The Kier molecular flexibility index (Phi) is 5.03. The molecule has 1 saturated heterocycles. The van der Waals surface area contributed by atoms with Crippen molar-refractivity contribution in [1.82, 2.24) is 9.80 Å². The van der Waals surface area contributed by atoms with E-state index in [1.165, 1.54) is 0 Å². The van der Waals surface area contributed by atoms with Crippen LogP contribution in [-0.4, -0.2) is 62.1 Å². The van der Waals surface area contributed by atoms with Gasteiger partial charge in [0.1, 0.15) is 5.75 Å². The monoisotopic (exact) mass is 292 g/mol. The molecule has 6 nitrogen and oxygen atoms in total. The summed E-state index contributed by atoms with van der Waals surface area (Å²) in [6.07, 6.45) is 0. The van der Waals surface area contributed by atoms with Gasteiger partial charge in [-0.15, -0.1) is 0 Å². The van der Waals surface area contributed by atoms with Crippen molar-refractivity contribution in [3.8, 4) is 5.75 Å². The predicted octanol–water partition coefficient (Wildman–Crippen LogP) is 0.852. The summed E-state index contributed by atoms with van der Waals surface area (Å²) in [7, 11) is 3.68. The molecular formula is C15H24N4O2. The summed E-state index contributed by atoms with van der Waals surface area (Å²) >= 11 is 0. The van der Waals surface area contributed by atoms with Crippen LogP contribution in [0.4, 0.5) is 11.4 Å². The van der Waals surface area contributed by atoms with Crippen molar-refractivity contribution in [3.05, 3.63) is 18.2 Å². The number of hydrogen-bond acceptors (Lipinski definition) is 5. The smallest absolute Gasteiger partial charge is 0.241 e. The number of anilines is 2. The Labute approximate surface area is 125 Å². The number of nitrogens with zero attached hydrogens (tertiary/aromatic N) is 2. The van der Waals surface area contributed by atoms with Crippen LogP contribution in [-0.2, 0) is 4.79 Å². The molecule has 1 aromatic rings. The van der Waals surface area contributed by atoms with Crippen LogP contribution < -0.4 is 15.8 Å². The Hall–Kier alpha value is -1.79. The highest BCUT2D eigenvalue weighted by Gasteiger charge is 2.24. The van der Waals surface area contributed by atoms with E-state index in [1.807, 2.05) is 6.92 Å². The Morgan fingerprint density at radius 3 is 2.57 bits per heavy atom. The fourth-order valence-electron chi connectivity index (χ4n) is 2.39. The van der Waals surface area contributed by atoms with Gasteiger partial charge in [-0.05, 0) is 26.1 Å². The minimum absolute atomic E-state index is 0.0311. The van der Waals surface area contributed by atoms with Gasteiger partial charge in [0, 0.05) is 32.2 Å². The standard InChI is InChI=1S/C15H24N4O2/c1-11(19-8-6-18(2)7-9-19)15(20)17-14-5-4-12(21-3)10-13(14)16/h4-5,10-11H,6-9,16H2,1-3H3,(H,17,20). The van der Waals surface area contributed by atoms with E-state index in [0.717, 1.165) is 26.2 Å². The van der Waals surface area contributed by atoms with Crippen LogP contribution in [0, 0.1) is 0 Å². The van der Waals surface area contributed by atoms with Gasteiger partial charge in [-0.25, -0.2) is 0 Å². The summed E-state index contributed by atoms with van der Waals surface area (Å²) in [5, 5.41) is 2.90. The Balaban J connectivity index is 1.97. The molecule has 1 heterocycles. The molecule has 116 valence electrons. The van der Waals surface area contributed by atoms with Crippen LogP contribution in [0.15, 0.2) is 18.2 Å². The van der Waals surface area contributed by atoms with E-state index in [9.17, 15) is 4.79 Å². The van der Waals surface area contributed by atoms with E-state index in [0.29, 0.717) is 17.1 Å². The van der Waals surface area contributed by atoms with Gasteiger partial charge in [-0.2, -0.15) is 0 Å². The quantitative estimate of drug-likeness (QED) is 0.805. The lowest BCUT2D eigenvalue weighted by atomic mass is 10.2. The molecular weight excluding hydrogens is 268 g/mol. The van der Waals surface area contributed by atoms with Gasteiger partial charge >= 0.3 is 0 Å². The lowest BCUT2D eigenvalue weighted by Crippen LogP contribution is -2.51. The largest absolute Gasteiger partial charge is 0.497 e. The number of amides is 1. The molecule has 1 aromatic carbocycles. The summed E-state index contributed by atoms with van der Waals surface area (Å²) in [5.74, 6) is 0.647. The average molecular weight is 292 g/mol. The zero-order valence-corrected chi connectivity index (χ0v) is 12.9. The number of ether oxygens (including phenoxy) is 1. The minimum atomic E-state index is -0.166. The van der Waals surface area contributed by atoms with Crippen LogP contribution in [0.2, 0.25) is 0 Å². The lowest BCUT2D eigenvalue weighted by Gasteiger charge is -2.35. The maximum atomic E-state index is 12.3. The first-order valence-electron chi connectivity index (χ1n) is 7.18. The van der Waals surface area contributed by atoms with Crippen LogP contribution in [0.5, 0.6) is 5.75 Å². The molecule has 6 heteroatoms. The van der Waals surface area contributed by atoms with Crippen LogP contribution in [0.3, 0.4) is 0 Å². The van der Waals surface area contributed by atoms with Crippen molar-refractivity contribution in [2.24, 2.45) is 0 Å².